The first-order valence-corrected chi connectivity index (χ1v) is 17.4. The number of nitrogen functional groups attached to an aromatic ring is 2. The maximum atomic E-state index is 6.14. The number of aryl methyl sites for hydroxylation is 4. The average molecular weight is 589 g/mol. The van der Waals surface area contributed by atoms with Crippen molar-refractivity contribution in [3.63, 3.8) is 0 Å². The third kappa shape index (κ3) is 11.2. The number of anilines is 2. The van der Waals surface area contributed by atoms with Crippen LogP contribution >= 0.6 is 0 Å². The Morgan fingerprint density at radius 2 is 0.682 bits per heavy atom. The lowest BCUT2D eigenvalue weighted by Crippen LogP contribution is -1.97. The SMILES string of the molecule is CCCc1cc(Cc2ccc(CCCCCCCCCCc3ccc(Cc4ccc(N)c(CCC)c4)cc3)cc2)ccc1N. The van der Waals surface area contributed by atoms with Crippen LogP contribution < -0.4 is 11.5 Å². The van der Waals surface area contributed by atoms with Crippen LogP contribution in [0.4, 0.5) is 11.4 Å². The van der Waals surface area contributed by atoms with E-state index in [4.69, 9.17) is 11.5 Å². The Hall–Kier alpha value is -3.52. The second kappa shape index (κ2) is 18.3. The van der Waals surface area contributed by atoms with Crippen LogP contribution in [0.2, 0.25) is 0 Å². The molecule has 0 heterocycles. The van der Waals surface area contributed by atoms with Crippen molar-refractivity contribution in [2.75, 3.05) is 11.5 Å². The highest BCUT2D eigenvalue weighted by Gasteiger charge is 2.05. The van der Waals surface area contributed by atoms with Crippen molar-refractivity contribution in [1.29, 1.82) is 0 Å². The monoisotopic (exact) mass is 588 g/mol. The highest BCUT2D eigenvalue weighted by molar-refractivity contribution is 5.50. The van der Waals surface area contributed by atoms with E-state index in [0.717, 1.165) is 49.9 Å². The van der Waals surface area contributed by atoms with E-state index >= 15 is 0 Å². The van der Waals surface area contributed by atoms with E-state index in [2.05, 4.69) is 98.8 Å². The van der Waals surface area contributed by atoms with Crippen molar-refractivity contribution in [2.45, 2.75) is 117 Å². The summed E-state index contributed by atoms with van der Waals surface area (Å²) in [7, 11) is 0. The number of rotatable bonds is 19. The molecule has 2 nitrogen and oxygen atoms in total. The summed E-state index contributed by atoms with van der Waals surface area (Å²) in [5, 5.41) is 0. The molecule has 0 spiro atoms. The molecule has 0 radical (unpaired) electrons. The summed E-state index contributed by atoms with van der Waals surface area (Å²) in [6.45, 7) is 4.42. The number of benzene rings is 4. The van der Waals surface area contributed by atoms with E-state index in [1.807, 2.05) is 0 Å². The fourth-order valence-electron chi connectivity index (χ4n) is 6.35. The third-order valence-electron chi connectivity index (χ3n) is 9.00. The van der Waals surface area contributed by atoms with Gasteiger partial charge in [-0.2, -0.15) is 0 Å². The van der Waals surface area contributed by atoms with Crippen LogP contribution in [-0.2, 0) is 38.5 Å². The van der Waals surface area contributed by atoms with Crippen molar-refractivity contribution < 1.29 is 0 Å². The summed E-state index contributed by atoms with van der Waals surface area (Å²) in [5.74, 6) is 0. The first-order valence-electron chi connectivity index (χ1n) is 17.4. The molecular formula is C42H56N2. The van der Waals surface area contributed by atoms with Crippen LogP contribution in [0.3, 0.4) is 0 Å². The lowest BCUT2D eigenvalue weighted by molar-refractivity contribution is 0.567. The zero-order chi connectivity index (χ0) is 31.0. The molecule has 4 aromatic carbocycles. The van der Waals surface area contributed by atoms with Gasteiger partial charge in [0.05, 0.1) is 0 Å². The third-order valence-corrected chi connectivity index (χ3v) is 9.00. The molecule has 44 heavy (non-hydrogen) atoms. The number of hydrogen-bond acceptors (Lipinski definition) is 2. The zero-order valence-corrected chi connectivity index (χ0v) is 27.6. The first kappa shape index (κ1) is 33.4. The van der Waals surface area contributed by atoms with E-state index in [-0.39, 0.29) is 0 Å². The highest BCUT2D eigenvalue weighted by atomic mass is 14.6. The molecule has 234 valence electrons. The lowest BCUT2D eigenvalue weighted by atomic mass is 9.98. The van der Waals surface area contributed by atoms with Gasteiger partial charge >= 0.3 is 0 Å². The van der Waals surface area contributed by atoms with Crippen molar-refractivity contribution >= 4 is 11.4 Å². The minimum atomic E-state index is 0.926. The minimum Gasteiger partial charge on any atom is -0.399 e. The van der Waals surface area contributed by atoms with Crippen LogP contribution in [0.15, 0.2) is 84.9 Å². The van der Waals surface area contributed by atoms with Gasteiger partial charge in [0, 0.05) is 11.4 Å². The molecular weight excluding hydrogens is 532 g/mol. The summed E-state index contributed by atoms with van der Waals surface area (Å²) < 4.78 is 0. The fraction of sp³-hybridized carbons (Fsp3) is 0.429. The molecule has 0 aliphatic heterocycles. The maximum Gasteiger partial charge on any atom is 0.0346 e. The molecule has 0 aromatic heterocycles. The molecule has 0 fully saturated rings. The molecule has 4 N–H and O–H groups in total. The van der Waals surface area contributed by atoms with Gasteiger partial charge in [0.25, 0.3) is 0 Å². The van der Waals surface area contributed by atoms with E-state index in [1.165, 1.54) is 109 Å². The van der Waals surface area contributed by atoms with Crippen molar-refractivity contribution in [1.82, 2.24) is 0 Å². The molecule has 2 heteroatoms. The van der Waals surface area contributed by atoms with Gasteiger partial charge in [-0.15, -0.1) is 0 Å². The topological polar surface area (TPSA) is 52.0 Å². The predicted molar refractivity (Wildman–Crippen MR) is 193 cm³/mol. The van der Waals surface area contributed by atoms with Gasteiger partial charge in [-0.1, -0.05) is 138 Å². The molecule has 0 atom stereocenters. The quantitative estimate of drug-likeness (QED) is 0.0845. The number of hydrogen-bond donors (Lipinski definition) is 2. The molecule has 0 aliphatic rings. The molecule has 0 unspecified atom stereocenters. The lowest BCUT2D eigenvalue weighted by Gasteiger charge is -2.09. The molecule has 0 saturated heterocycles. The Bertz CT molecular complexity index is 1280. The van der Waals surface area contributed by atoms with Gasteiger partial charge in [0.2, 0.25) is 0 Å². The van der Waals surface area contributed by atoms with Gasteiger partial charge < -0.3 is 11.5 Å². The molecule has 0 bridgehead atoms. The Morgan fingerprint density at radius 1 is 0.364 bits per heavy atom. The standard InChI is InChI=1S/C42H56N2/c1-3-13-39-31-37(25-27-41(39)43)29-35-21-17-33(18-22-35)15-11-9-7-5-6-8-10-12-16-34-19-23-36(24-20-34)30-38-26-28-42(44)40(32-38)14-4-2/h17-28,31-32H,3-16,29-30,43-44H2,1-2H3. The predicted octanol–water partition coefficient (Wildman–Crippen LogP) is 10.8. The van der Waals surface area contributed by atoms with Gasteiger partial charge in [0.1, 0.15) is 0 Å². The summed E-state index contributed by atoms with van der Waals surface area (Å²) in [6.07, 6.45) is 19.5. The highest BCUT2D eigenvalue weighted by Crippen LogP contribution is 2.21. The first-order chi connectivity index (χ1) is 21.5. The van der Waals surface area contributed by atoms with Crippen molar-refractivity contribution in [3.8, 4) is 0 Å². The van der Waals surface area contributed by atoms with Gasteiger partial charge in [0.15, 0.2) is 0 Å². The van der Waals surface area contributed by atoms with Crippen LogP contribution in [0.1, 0.15) is 123 Å². The maximum absolute atomic E-state index is 6.14. The van der Waals surface area contributed by atoms with Crippen LogP contribution in [0.25, 0.3) is 0 Å². The van der Waals surface area contributed by atoms with Gasteiger partial charge in [-0.3, -0.25) is 0 Å². The Kier molecular flexibility index (Phi) is 13.9. The Morgan fingerprint density at radius 3 is 1.05 bits per heavy atom. The van der Waals surface area contributed by atoms with Crippen LogP contribution in [0, 0.1) is 0 Å². The molecule has 4 rings (SSSR count). The normalized spacial score (nSPS) is 11.2. The largest absolute Gasteiger partial charge is 0.399 e. The number of nitrogens with two attached hydrogens (primary N) is 2. The summed E-state index contributed by atoms with van der Waals surface area (Å²) in [4.78, 5) is 0. The molecule has 0 saturated carbocycles. The Balaban J connectivity index is 1.03. The van der Waals surface area contributed by atoms with E-state index in [9.17, 15) is 0 Å². The smallest absolute Gasteiger partial charge is 0.0346 e. The van der Waals surface area contributed by atoms with E-state index < -0.39 is 0 Å². The second-order valence-corrected chi connectivity index (χ2v) is 12.9. The second-order valence-electron chi connectivity index (χ2n) is 12.9. The molecule has 0 aliphatic carbocycles. The van der Waals surface area contributed by atoms with Crippen LogP contribution in [0.5, 0.6) is 0 Å². The van der Waals surface area contributed by atoms with E-state index in [1.54, 1.807) is 0 Å². The van der Waals surface area contributed by atoms with Gasteiger partial charge in [-0.25, -0.2) is 0 Å². The Labute approximate surface area is 268 Å². The van der Waals surface area contributed by atoms with Crippen molar-refractivity contribution in [3.05, 3.63) is 129 Å². The summed E-state index contributed by atoms with van der Waals surface area (Å²) in [5.41, 5.74) is 25.1. The average Bonchev–Trinajstić information content (AvgIpc) is 3.03. The number of unbranched alkanes of at least 4 members (excludes halogenated alkanes) is 7. The van der Waals surface area contributed by atoms with Crippen molar-refractivity contribution in [2.24, 2.45) is 0 Å². The summed E-state index contributed by atoms with van der Waals surface area (Å²) in [6, 6.07) is 31.6. The van der Waals surface area contributed by atoms with Gasteiger partial charge in [-0.05, 0) is 108 Å². The zero-order valence-electron chi connectivity index (χ0n) is 27.6. The minimum absolute atomic E-state index is 0.926. The van der Waals surface area contributed by atoms with E-state index in [0.29, 0.717) is 0 Å². The molecule has 4 aromatic rings. The summed E-state index contributed by atoms with van der Waals surface area (Å²) >= 11 is 0. The van der Waals surface area contributed by atoms with Crippen LogP contribution in [-0.4, -0.2) is 0 Å². The molecule has 0 amide bonds. The fourth-order valence-corrected chi connectivity index (χ4v) is 6.35.